The zero-order valence-corrected chi connectivity index (χ0v) is 10.6. The fourth-order valence-electron chi connectivity index (χ4n) is 1.90. The molecule has 0 heterocycles. The average Bonchev–Trinajstić information content (AvgIpc) is 2.78. The van der Waals surface area contributed by atoms with Crippen LogP contribution in [0.5, 0.6) is 0 Å². The van der Waals surface area contributed by atoms with Crippen LogP contribution in [0, 0.1) is 0 Å². The van der Waals surface area contributed by atoms with Gasteiger partial charge < -0.3 is 4.74 Å². The van der Waals surface area contributed by atoms with Crippen LogP contribution >= 0.6 is 23.2 Å². The molecule has 1 aliphatic rings. The normalized spacial score (nSPS) is 23.0. The van der Waals surface area contributed by atoms with Crippen LogP contribution in [0.4, 0.5) is 0 Å². The van der Waals surface area contributed by atoms with E-state index < -0.39 is 10.8 Å². The predicted molar refractivity (Wildman–Crippen MR) is 68.3 cm³/mol. The van der Waals surface area contributed by atoms with Crippen molar-refractivity contribution in [2.24, 2.45) is 0 Å². The van der Waals surface area contributed by atoms with Crippen molar-refractivity contribution < 1.29 is 9.53 Å². The van der Waals surface area contributed by atoms with Gasteiger partial charge in [0.05, 0.1) is 0 Å². The molecule has 2 nitrogen and oxygen atoms in total. The topological polar surface area (TPSA) is 26.3 Å². The van der Waals surface area contributed by atoms with E-state index in [0.29, 0.717) is 0 Å². The summed E-state index contributed by atoms with van der Waals surface area (Å²) in [6.07, 6.45) is 4.44. The molecule has 2 atom stereocenters. The second-order valence-electron chi connectivity index (χ2n) is 3.91. The molecule has 0 radical (unpaired) electrons. The molecule has 0 amide bonds. The molecule has 1 aromatic rings. The maximum atomic E-state index is 11.2. The van der Waals surface area contributed by atoms with Gasteiger partial charge in [0, 0.05) is 5.92 Å². The van der Waals surface area contributed by atoms with E-state index in [1.807, 2.05) is 30.4 Å². The zero-order valence-electron chi connectivity index (χ0n) is 9.05. The minimum atomic E-state index is -1.11. The number of rotatable bonds is 3. The van der Waals surface area contributed by atoms with Gasteiger partial charge in [-0.2, -0.15) is 0 Å². The molecule has 1 aromatic carbocycles. The molecule has 90 valence electrons. The number of carbonyl (C=O) groups excluding carboxylic acids is 1. The first-order valence-corrected chi connectivity index (χ1v) is 6.26. The number of allylic oxidation sites excluding steroid dienone is 1. The summed E-state index contributed by atoms with van der Waals surface area (Å²) in [6.45, 7) is 0. The van der Waals surface area contributed by atoms with Crippen LogP contribution in [0.25, 0.3) is 0 Å². The van der Waals surface area contributed by atoms with Crippen molar-refractivity contribution in [1.29, 1.82) is 0 Å². The third kappa shape index (κ3) is 3.24. The number of ether oxygens (including phenoxy) is 1. The van der Waals surface area contributed by atoms with Gasteiger partial charge in [0.25, 0.3) is 0 Å². The molecule has 0 fully saturated rings. The smallest absolute Gasteiger partial charge is 0.340 e. The summed E-state index contributed by atoms with van der Waals surface area (Å²) < 4.78 is 5.13. The monoisotopic (exact) mass is 270 g/mol. The Morgan fingerprint density at radius 1 is 1.24 bits per heavy atom. The van der Waals surface area contributed by atoms with Crippen molar-refractivity contribution >= 4 is 29.2 Å². The van der Waals surface area contributed by atoms with Crippen LogP contribution in [-0.4, -0.2) is 16.9 Å². The molecule has 17 heavy (non-hydrogen) atoms. The minimum absolute atomic E-state index is 0.229. The minimum Gasteiger partial charge on any atom is -0.456 e. The number of alkyl halides is 2. The van der Waals surface area contributed by atoms with Crippen molar-refractivity contribution in [2.45, 2.75) is 23.3 Å². The van der Waals surface area contributed by atoms with Gasteiger partial charge in [0.2, 0.25) is 4.84 Å². The van der Waals surface area contributed by atoms with Crippen molar-refractivity contribution in [3.63, 3.8) is 0 Å². The Morgan fingerprint density at radius 3 is 2.59 bits per heavy atom. The Kier molecular flexibility index (Phi) is 4.08. The second kappa shape index (κ2) is 5.56. The van der Waals surface area contributed by atoms with Gasteiger partial charge in [-0.1, -0.05) is 59.6 Å². The molecule has 0 bridgehead atoms. The molecule has 2 rings (SSSR count). The first-order chi connectivity index (χ1) is 8.16. The molecule has 4 heteroatoms. The average molecular weight is 271 g/mol. The second-order valence-corrected chi connectivity index (χ2v) is 5.01. The predicted octanol–water partition coefficient (Wildman–Crippen LogP) is 3.45. The maximum absolute atomic E-state index is 11.2. The summed E-state index contributed by atoms with van der Waals surface area (Å²) in [5.74, 6) is -0.296. The first kappa shape index (κ1) is 12.5. The van der Waals surface area contributed by atoms with E-state index >= 15 is 0 Å². The Bertz CT molecular complexity index is 415. The molecule has 0 spiro atoms. The Hall–Kier alpha value is -0.990. The fourth-order valence-corrected chi connectivity index (χ4v) is 2.00. The highest BCUT2D eigenvalue weighted by atomic mass is 35.5. The first-order valence-electron chi connectivity index (χ1n) is 5.38. The van der Waals surface area contributed by atoms with E-state index in [4.69, 9.17) is 27.9 Å². The Morgan fingerprint density at radius 2 is 1.94 bits per heavy atom. The van der Waals surface area contributed by atoms with E-state index in [2.05, 4.69) is 12.1 Å². The van der Waals surface area contributed by atoms with E-state index in [9.17, 15) is 4.79 Å². The van der Waals surface area contributed by atoms with Crippen LogP contribution in [0.1, 0.15) is 17.9 Å². The molecular formula is C13H12Cl2O2. The summed E-state index contributed by atoms with van der Waals surface area (Å²) in [5.41, 5.74) is 1.22. The number of hydrogen-bond donors (Lipinski definition) is 0. The lowest BCUT2D eigenvalue weighted by Gasteiger charge is -2.13. The summed E-state index contributed by atoms with van der Waals surface area (Å²) in [4.78, 5) is 10.1. The number of halogens is 2. The van der Waals surface area contributed by atoms with E-state index in [-0.39, 0.29) is 12.0 Å². The molecular weight excluding hydrogens is 259 g/mol. The highest BCUT2D eigenvalue weighted by molar-refractivity contribution is 6.52. The quantitative estimate of drug-likeness (QED) is 0.478. The summed E-state index contributed by atoms with van der Waals surface area (Å²) in [7, 11) is 0. The maximum Gasteiger partial charge on any atom is 0.340 e. The van der Waals surface area contributed by atoms with Gasteiger partial charge in [-0.25, -0.2) is 4.79 Å². The molecule has 0 saturated carbocycles. The van der Waals surface area contributed by atoms with E-state index in [1.54, 1.807) is 0 Å². The summed E-state index contributed by atoms with van der Waals surface area (Å²) in [6, 6.07) is 10.1. The highest BCUT2D eigenvalue weighted by Gasteiger charge is 2.25. The van der Waals surface area contributed by atoms with Crippen molar-refractivity contribution in [3.05, 3.63) is 48.0 Å². The van der Waals surface area contributed by atoms with E-state index in [1.165, 1.54) is 5.56 Å². The SMILES string of the molecule is O=C(O[C@@H]1C=C[C@H](c2ccccc2)C1)C(Cl)Cl. The lowest BCUT2D eigenvalue weighted by Crippen LogP contribution is -2.19. The third-order valence-electron chi connectivity index (χ3n) is 2.72. The van der Waals surface area contributed by atoms with Crippen LogP contribution in [0.2, 0.25) is 0 Å². The zero-order chi connectivity index (χ0) is 12.3. The van der Waals surface area contributed by atoms with E-state index in [0.717, 1.165) is 6.42 Å². The van der Waals surface area contributed by atoms with Crippen molar-refractivity contribution in [2.75, 3.05) is 0 Å². The number of carbonyl (C=O) groups is 1. The van der Waals surface area contributed by atoms with Gasteiger partial charge in [-0.15, -0.1) is 0 Å². The molecule has 1 aliphatic carbocycles. The highest BCUT2D eigenvalue weighted by Crippen LogP contribution is 2.30. The Labute approximate surface area is 110 Å². The number of esters is 1. The van der Waals surface area contributed by atoms with Crippen LogP contribution < -0.4 is 0 Å². The van der Waals surface area contributed by atoms with Gasteiger partial charge >= 0.3 is 5.97 Å². The van der Waals surface area contributed by atoms with Gasteiger partial charge in [-0.3, -0.25) is 0 Å². The van der Waals surface area contributed by atoms with Gasteiger partial charge in [-0.05, 0) is 18.1 Å². The van der Waals surface area contributed by atoms with Crippen LogP contribution in [0.3, 0.4) is 0 Å². The number of hydrogen-bond acceptors (Lipinski definition) is 2. The van der Waals surface area contributed by atoms with Gasteiger partial charge in [0.15, 0.2) is 0 Å². The summed E-state index contributed by atoms with van der Waals surface area (Å²) >= 11 is 10.9. The summed E-state index contributed by atoms with van der Waals surface area (Å²) in [5, 5.41) is 0. The largest absolute Gasteiger partial charge is 0.456 e. The third-order valence-corrected chi connectivity index (χ3v) is 3.07. The molecule has 0 aliphatic heterocycles. The Balaban J connectivity index is 1.93. The van der Waals surface area contributed by atoms with Crippen molar-refractivity contribution in [1.82, 2.24) is 0 Å². The van der Waals surface area contributed by atoms with Crippen LogP contribution in [0.15, 0.2) is 42.5 Å². The lowest BCUT2D eigenvalue weighted by atomic mass is 9.98. The van der Waals surface area contributed by atoms with Crippen LogP contribution in [-0.2, 0) is 9.53 Å². The number of benzene rings is 1. The molecule has 0 saturated heterocycles. The molecule has 0 N–H and O–H groups in total. The lowest BCUT2D eigenvalue weighted by molar-refractivity contribution is -0.144. The van der Waals surface area contributed by atoms with Crippen molar-refractivity contribution in [3.8, 4) is 0 Å². The standard InChI is InChI=1S/C13H12Cl2O2/c14-12(15)13(16)17-11-7-6-10(8-11)9-4-2-1-3-5-9/h1-7,10-12H,8H2/t10-,11+/m0/s1. The fraction of sp³-hybridized carbons (Fsp3) is 0.308. The molecule has 0 aromatic heterocycles. The van der Waals surface area contributed by atoms with Gasteiger partial charge in [0.1, 0.15) is 6.10 Å². The molecule has 0 unspecified atom stereocenters.